The fourth-order valence-corrected chi connectivity index (χ4v) is 4.47. The van der Waals surface area contributed by atoms with Gasteiger partial charge in [0.1, 0.15) is 5.58 Å². The number of carbonyl (C=O) groups is 2. The lowest BCUT2D eigenvalue weighted by atomic mass is 9.88. The SMILES string of the molecule is Cc1c(C(=O)N2CCN(C(=O)C3CCCCC3)CC2)oc2c(C)cccc12. The third-order valence-electron chi connectivity index (χ3n) is 6.19. The number of furan rings is 1. The Morgan fingerprint density at radius 3 is 2.30 bits per heavy atom. The molecule has 1 saturated heterocycles. The van der Waals surface area contributed by atoms with Crippen LogP contribution in [0.15, 0.2) is 22.6 Å². The van der Waals surface area contributed by atoms with E-state index in [9.17, 15) is 9.59 Å². The van der Waals surface area contributed by atoms with Gasteiger partial charge in [0, 0.05) is 43.0 Å². The highest BCUT2D eigenvalue weighted by molar-refractivity contribution is 5.99. The highest BCUT2D eigenvalue weighted by atomic mass is 16.3. The minimum absolute atomic E-state index is 0.0622. The second-order valence-electron chi connectivity index (χ2n) is 7.96. The summed E-state index contributed by atoms with van der Waals surface area (Å²) in [6, 6.07) is 5.98. The average molecular weight is 368 g/mol. The fourth-order valence-electron chi connectivity index (χ4n) is 4.47. The number of para-hydroxylation sites is 1. The van der Waals surface area contributed by atoms with Gasteiger partial charge in [0.25, 0.3) is 5.91 Å². The van der Waals surface area contributed by atoms with Crippen LogP contribution in [0.2, 0.25) is 0 Å². The molecule has 1 aromatic carbocycles. The molecule has 0 atom stereocenters. The molecule has 2 aromatic rings. The number of aryl methyl sites for hydroxylation is 2. The van der Waals surface area contributed by atoms with Crippen molar-refractivity contribution in [3.63, 3.8) is 0 Å². The van der Waals surface area contributed by atoms with Gasteiger partial charge in [-0.2, -0.15) is 0 Å². The topological polar surface area (TPSA) is 53.8 Å². The lowest BCUT2D eigenvalue weighted by molar-refractivity contribution is -0.138. The predicted octanol–water partition coefficient (Wildman–Crippen LogP) is 3.91. The Morgan fingerprint density at radius 1 is 0.963 bits per heavy atom. The van der Waals surface area contributed by atoms with Crippen LogP contribution in [0.3, 0.4) is 0 Å². The van der Waals surface area contributed by atoms with Crippen LogP contribution in [-0.2, 0) is 4.79 Å². The molecule has 2 fully saturated rings. The van der Waals surface area contributed by atoms with Crippen molar-refractivity contribution in [3.8, 4) is 0 Å². The summed E-state index contributed by atoms with van der Waals surface area (Å²) in [6.07, 6.45) is 5.63. The Bertz CT molecular complexity index is 856. The first-order valence-electron chi connectivity index (χ1n) is 10.1. The molecule has 2 amide bonds. The van der Waals surface area contributed by atoms with Crippen molar-refractivity contribution in [2.24, 2.45) is 5.92 Å². The van der Waals surface area contributed by atoms with Gasteiger partial charge in [-0.15, -0.1) is 0 Å². The van der Waals surface area contributed by atoms with E-state index < -0.39 is 0 Å². The van der Waals surface area contributed by atoms with E-state index in [2.05, 4.69) is 0 Å². The van der Waals surface area contributed by atoms with Crippen LogP contribution in [0.4, 0.5) is 0 Å². The van der Waals surface area contributed by atoms with Crippen LogP contribution in [0.25, 0.3) is 11.0 Å². The van der Waals surface area contributed by atoms with Gasteiger partial charge in [-0.3, -0.25) is 9.59 Å². The fraction of sp³-hybridized carbons (Fsp3) is 0.545. The van der Waals surface area contributed by atoms with Gasteiger partial charge < -0.3 is 14.2 Å². The number of fused-ring (bicyclic) bond motifs is 1. The third-order valence-corrected chi connectivity index (χ3v) is 6.19. The molecule has 27 heavy (non-hydrogen) atoms. The molecule has 4 rings (SSSR count). The second kappa shape index (κ2) is 7.37. The number of rotatable bonds is 2. The summed E-state index contributed by atoms with van der Waals surface area (Å²) in [5.41, 5.74) is 2.74. The number of hydrogen-bond acceptors (Lipinski definition) is 3. The second-order valence-corrected chi connectivity index (χ2v) is 7.96. The van der Waals surface area contributed by atoms with Crippen LogP contribution < -0.4 is 0 Å². The molecule has 2 aliphatic rings. The van der Waals surface area contributed by atoms with E-state index in [0.29, 0.717) is 31.9 Å². The van der Waals surface area contributed by atoms with Crippen LogP contribution in [0, 0.1) is 19.8 Å². The maximum atomic E-state index is 13.0. The standard InChI is InChI=1S/C22H28N2O3/c1-15-7-6-10-18-16(2)20(27-19(15)18)22(26)24-13-11-23(12-14-24)21(25)17-8-4-3-5-9-17/h6-7,10,17H,3-5,8-9,11-14H2,1-2H3. The predicted molar refractivity (Wildman–Crippen MR) is 105 cm³/mol. The average Bonchev–Trinajstić information content (AvgIpc) is 3.06. The number of nitrogens with zero attached hydrogens (tertiary/aromatic N) is 2. The van der Waals surface area contributed by atoms with E-state index in [1.807, 2.05) is 41.8 Å². The number of carbonyl (C=O) groups excluding carboxylic acids is 2. The van der Waals surface area contributed by atoms with Gasteiger partial charge in [0.2, 0.25) is 5.91 Å². The molecule has 0 spiro atoms. The van der Waals surface area contributed by atoms with Crippen LogP contribution in [-0.4, -0.2) is 47.8 Å². The smallest absolute Gasteiger partial charge is 0.290 e. The molecule has 0 bridgehead atoms. The normalized spacial score (nSPS) is 18.9. The number of benzene rings is 1. The summed E-state index contributed by atoms with van der Waals surface area (Å²) >= 11 is 0. The summed E-state index contributed by atoms with van der Waals surface area (Å²) in [5.74, 6) is 0.859. The van der Waals surface area contributed by atoms with Crippen LogP contribution in [0.5, 0.6) is 0 Å². The van der Waals surface area contributed by atoms with Gasteiger partial charge in [0.15, 0.2) is 5.76 Å². The van der Waals surface area contributed by atoms with Gasteiger partial charge in [0.05, 0.1) is 0 Å². The summed E-state index contributed by atoms with van der Waals surface area (Å²) < 4.78 is 5.94. The molecule has 1 aliphatic carbocycles. The summed E-state index contributed by atoms with van der Waals surface area (Å²) in [5, 5.41) is 1.00. The quantitative estimate of drug-likeness (QED) is 0.807. The van der Waals surface area contributed by atoms with E-state index in [1.54, 1.807) is 0 Å². The molecular formula is C22H28N2O3. The number of hydrogen-bond donors (Lipinski definition) is 0. The molecule has 144 valence electrons. The van der Waals surface area contributed by atoms with Gasteiger partial charge in [-0.1, -0.05) is 37.5 Å². The minimum atomic E-state index is -0.0622. The summed E-state index contributed by atoms with van der Waals surface area (Å²) in [7, 11) is 0. The Hall–Kier alpha value is -2.30. The van der Waals surface area contributed by atoms with E-state index in [-0.39, 0.29) is 17.7 Å². The van der Waals surface area contributed by atoms with Crippen molar-refractivity contribution < 1.29 is 14.0 Å². The van der Waals surface area contributed by atoms with E-state index >= 15 is 0 Å². The van der Waals surface area contributed by atoms with Crippen molar-refractivity contribution >= 4 is 22.8 Å². The minimum Gasteiger partial charge on any atom is -0.450 e. The van der Waals surface area contributed by atoms with E-state index in [1.165, 1.54) is 19.3 Å². The number of amides is 2. The van der Waals surface area contributed by atoms with Gasteiger partial charge >= 0.3 is 0 Å². The molecule has 1 saturated carbocycles. The van der Waals surface area contributed by atoms with E-state index in [4.69, 9.17) is 4.42 Å². The van der Waals surface area contributed by atoms with Crippen molar-refractivity contribution in [1.29, 1.82) is 0 Å². The van der Waals surface area contributed by atoms with Gasteiger partial charge in [-0.25, -0.2) is 0 Å². The first-order valence-corrected chi connectivity index (χ1v) is 10.1. The molecule has 2 heterocycles. The Morgan fingerprint density at radius 2 is 1.63 bits per heavy atom. The van der Waals surface area contributed by atoms with Crippen LogP contribution >= 0.6 is 0 Å². The molecule has 0 unspecified atom stereocenters. The zero-order valence-corrected chi connectivity index (χ0v) is 16.3. The third kappa shape index (κ3) is 3.35. The first-order chi connectivity index (χ1) is 13.1. The van der Waals surface area contributed by atoms with Crippen molar-refractivity contribution in [2.75, 3.05) is 26.2 Å². The largest absolute Gasteiger partial charge is 0.450 e. The van der Waals surface area contributed by atoms with Crippen molar-refractivity contribution in [2.45, 2.75) is 46.0 Å². The van der Waals surface area contributed by atoms with Gasteiger partial charge in [-0.05, 0) is 32.3 Å². The van der Waals surface area contributed by atoms with Crippen molar-refractivity contribution in [3.05, 3.63) is 35.1 Å². The maximum absolute atomic E-state index is 13.0. The molecule has 5 heteroatoms. The first kappa shape index (κ1) is 18.1. The highest BCUT2D eigenvalue weighted by Crippen LogP contribution is 2.29. The van der Waals surface area contributed by atoms with Crippen LogP contribution in [0.1, 0.15) is 53.8 Å². The maximum Gasteiger partial charge on any atom is 0.290 e. The Balaban J connectivity index is 1.44. The zero-order chi connectivity index (χ0) is 19.0. The van der Waals surface area contributed by atoms with Crippen molar-refractivity contribution in [1.82, 2.24) is 9.80 Å². The lowest BCUT2D eigenvalue weighted by Crippen LogP contribution is -2.52. The molecule has 5 nitrogen and oxygen atoms in total. The Kier molecular flexibility index (Phi) is 4.94. The number of piperazine rings is 1. The molecule has 0 radical (unpaired) electrons. The monoisotopic (exact) mass is 368 g/mol. The zero-order valence-electron chi connectivity index (χ0n) is 16.3. The molecule has 1 aliphatic heterocycles. The molecular weight excluding hydrogens is 340 g/mol. The highest BCUT2D eigenvalue weighted by Gasteiger charge is 2.31. The summed E-state index contributed by atoms with van der Waals surface area (Å²) in [6.45, 7) is 6.34. The Labute approximate surface area is 160 Å². The lowest BCUT2D eigenvalue weighted by Gasteiger charge is -2.36. The molecule has 1 aromatic heterocycles. The van der Waals surface area contributed by atoms with E-state index in [0.717, 1.165) is 34.9 Å². The molecule has 0 N–H and O–H groups in total. The summed E-state index contributed by atoms with van der Waals surface area (Å²) in [4.78, 5) is 29.5.